The summed E-state index contributed by atoms with van der Waals surface area (Å²) in [5.74, 6) is 0.607. The van der Waals surface area contributed by atoms with Crippen LogP contribution in [-0.2, 0) is 14.3 Å². The van der Waals surface area contributed by atoms with Gasteiger partial charge in [0.15, 0.2) is 5.82 Å². The number of carbonyl (C=O) groups excluding carboxylic acids is 3. The number of rotatable bonds is 10. The molecule has 1 aliphatic rings. The predicted molar refractivity (Wildman–Crippen MR) is 132 cm³/mol. The number of carbonyl (C=O) groups is 3. The number of ether oxygens (including phenoxy) is 1. The van der Waals surface area contributed by atoms with Gasteiger partial charge in [-0.2, -0.15) is 0 Å². The number of anilines is 2. The number of piperidine rings is 1. The Morgan fingerprint density at radius 2 is 1.79 bits per heavy atom. The molecule has 0 radical (unpaired) electrons. The van der Waals surface area contributed by atoms with E-state index >= 15 is 0 Å². The van der Waals surface area contributed by atoms with Crippen LogP contribution in [0.5, 0.6) is 0 Å². The van der Waals surface area contributed by atoms with Gasteiger partial charge in [0.25, 0.3) is 0 Å². The number of thioether (sulfide) groups is 1. The average Bonchev–Trinajstić information content (AvgIpc) is 2.87. The first-order chi connectivity index (χ1) is 16.5. The van der Waals surface area contributed by atoms with E-state index in [-0.39, 0.29) is 29.5 Å². The van der Waals surface area contributed by atoms with Crippen molar-refractivity contribution in [3.8, 4) is 0 Å². The summed E-state index contributed by atoms with van der Waals surface area (Å²) in [7, 11) is 0. The molecule has 0 bridgehead atoms. The molecule has 2 amide bonds. The normalized spacial score (nSPS) is 13.9. The standard InChI is InChI=1S/C24H31N5O4S/c1-3-13-25-23(31)17-11-14-29(15-12-17)20-9-10-22(28-27-20)34-16-21(30)26-19-7-5-18(6-8-19)24(32)33-4-2/h5-10,17H,3-4,11-16H2,1-2H3,(H,25,31)(H,26,30). The molecule has 1 aromatic carbocycles. The van der Waals surface area contributed by atoms with Crippen LogP contribution in [0.1, 0.15) is 43.5 Å². The lowest BCUT2D eigenvalue weighted by atomic mass is 9.96. The third-order valence-electron chi connectivity index (χ3n) is 5.40. The summed E-state index contributed by atoms with van der Waals surface area (Å²) in [5.41, 5.74) is 1.04. The van der Waals surface area contributed by atoms with Crippen LogP contribution in [0.25, 0.3) is 0 Å². The highest BCUT2D eigenvalue weighted by Crippen LogP contribution is 2.23. The summed E-state index contributed by atoms with van der Waals surface area (Å²) < 4.78 is 4.95. The van der Waals surface area contributed by atoms with Crippen LogP contribution in [0.15, 0.2) is 41.4 Å². The number of esters is 1. The number of nitrogens with zero attached hydrogens (tertiary/aromatic N) is 3. The maximum Gasteiger partial charge on any atom is 0.338 e. The molecule has 2 heterocycles. The minimum absolute atomic E-state index is 0.0606. The van der Waals surface area contributed by atoms with Gasteiger partial charge in [0.2, 0.25) is 11.8 Å². The van der Waals surface area contributed by atoms with E-state index in [0.717, 1.165) is 44.7 Å². The summed E-state index contributed by atoms with van der Waals surface area (Å²) in [4.78, 5) is 38.2. The molecule has 3 rings (SSSR count). The maximum absolute atomic E-state index is 12.3. The Kier molecular flexibility index (Phi) is 9.69. The fraction of sp³-hybridized carbons (Fsp3) is 0.458. The van der Waals surface area contributed by atoms with E-state index in [1.54, 1.807) is 31.2 Å². The van der Waals surface area contributed by atoms with Gasteiger partial charge in [-0.25, -0.2) is 4.79 Å². The van der Waals surface area contributed by atoms with Crippen molar-refractivity contribution < 1.29 is 19.1 Å². The number of nitrogens with one attached hydrogen (secondary N) is 2. The Morgan fingerprint density at radius 1 is 1.06 bits per heavy atom. The van der Waals surface area contributed by atoms with Crippen LogP contribution >= 0.6 is 11.8 Å². The van der Waals surface area contributed by atoms with Gasteiger partial charge >= 0.3 is 5.97 Å². The van der Waals surface area contributed by atoms with Crippen molar-refractivity contribution in [2.45, 2.75) is 38.1 Å². The summed E-state index contributed by atoms with van der Waals surface area (Å²) in [5, 5.41) is 15.0. The largest absolute Gasteiger partial charge is 0.462 e. The van der Waals surface area contributed by atoms with Crippen molar-refractivity contribution in [3.05, 3.63) is 42.0 Å². The molecule has 1 aromatic heterocycles. The van der Waals surface area contributed by atoms with Crippen LogP contribution in [0.2, 0.25) is 0 Å². The lowest BCUT2D eigenvalue weighted by molar-refractivity contribution is -0.125. The Hall–Kier alpha value is -3.14. The van der Waals surface area contributed by atoms with Gasteiger partial charge in [-0.05, 0) is 62.6 Å². The summed E-state index contributed by atoms with van der Waals surface area (Å²) in [6, 6.07) is 10.3. The number of benzene rings is 1. The van der Waals surface area contributed by atoms with Crippen molar-refractivity contribution in [1.29, 1.82) is 0 Å². The van der Waals surface area contributed by atoms with Crippen LogP contribution in [0.3, 0.4) is 0 Å². The van der Waals surface area contributed by atoms with E-state index in [0.29, 0.717) is 22.9 Å². The molecule has 0 aliphatic carbocycles. The zero-order valence-electron chi connectivity index (χ0n) is 19.6. The van der Waals surface area contributed by atoms with Crippen molar-refractivity contribution in [2.75, 3.05) is 42.2 Å². The highest BCUT2D eigenvalue weighted by Gasteiger charge is 2.25. The van der Waals surface area contributed by atoms with Gasteiger partial charge in [0, 0.05) is 31.2 Å². The molecule has 1 fully saturated rings. The summed E-state index contributed by atoms with van der Waals surface area (Å²) in [6.45, 7) is 6.37. The molecule has 0 atom stereocenters. The van der Waals surface area contributed by atoms with E-state index in [1.165, 1.54) is 11.8 Å². The monoisotopic (exact) mass is 485 g/mol. The van der Waals surface area contributed by atoms with Crippen LogP contribution < -0.4 is 15.5 Å². The summed E-state index contributed by atoms with van der Waals surface area (Å²) >= 11 is 1.30. The molecule has 0 spiro atoms. The Balaban J connectivity index is 1.42. The van der Waals surface area contributed by atoms with Crippen molar-refractivity contribution >= 4 is 41.1 Å². The van der Waals surface area contributed by atoms with E-state index in [9.17, 15) is 14.4 Å². The highest BCUT2D eigenvalue weighted by molar-refractivity contribution is 7.99. The van der Waals surface area contributed by atoms with Crippen molar-refractivity contribution in [3.63, 3.8) is 0 Å². The number of aromatic nitrogens is 2. The number of amides is 2. The lowest BCUT2D eigenvalue weighted by Gasteiger charge is -2.31. The SMILES string of the molecule is CCCNC(=O)C1CCN(c2ccc(SCC(=O)Nc3ccc(C(=O)OCC)cc3)nn2)CC1. The molecule has 2 N–H and O–H groups in total. The van der Waals surface area contributed by atoms with Crippen molar-refractivity contribution in [2.24, 2.45) is 5.92 Å². The fourth-order valence-corrected chi connectivity index (χ4v) is 4.18. The zero-order valence-corrected chi connectivity index (χ0v) is 20.4. The molecule has 1 saturated heterocycles. The van der Waals surface area contributed by atoms with E-state index < -0.39 is 0 Å². The Labute approximate surface area is 204 Å². The summed E-state index contributed by atoms with van der Waals surface area (Å²) in [6.07, 6.45) is 2.54. The zero-order chi connectivity index (χ0) is 24.3. The molecule has 10 heteroatoms. The van der Waals surface area contributed by atoms with Crippen LogP contribution in [-0.4, -0.2) is 60.0 Å². The first kappa shape index (κ1) is 25.5. The molecular weight excluding hydrogens is 454 g/mol. The number of hydrogen-bond acceptors (Lipinski definition) is 8. The minimum Gasteiger partial charge on any atom is -0.462 e. The quantitative estimate of drug-likeness (QED) is 0.390. The molecular formula is C24H31N5O4S. The molecule has 182 valence electrons. The maximum atomic E-state index is 12.3. The first-order valence-corrected chi connectivity index (χ1v) is 12.5. The van der Waals surface area contributed by atoms with Gasteiger partial charge in [-0.3, -0.25) is 9.59 Å². The average molecular weight is 486 g/mol. The second kappa shape index (κ2) is 12.9. The minimum atomic E-state index is -0.389. The Morgan fingerprint density at radius 3 is 2.41 bits per heavy atom. The van der Waals surface area contributed by atoms with Gasteiger partial charge in [-0.15, -0.1) is 10.2 Å². The smallest absolute Gasteiger partial charge is 0.338 e. The second-order valence-electron chi connectivity index (χ2n) is 7.92. The van der Waals surface area contributed by atoms with Gasteiger partial charge < -0.3 is 20.3 Å². The van der Waals surface area contributed by atoms with Crippen LogP contribution in [0.4, 0.5) is 11.5 Å². The first-order valence-electron chi connectivity index (χ1n) is 11.6. The Bertz CT molecular complexity index is 960. The fourth-order valence-electron chi connectivity index (χ4n) is 3.56. The third-order valence-corrected chi connectivity index (χ3v) is 6.32. The van der Waals surface area contributed by atoms with Crippen LogP contribution in [0, 0.1) is 5.92 Å². The lowest BCUT2D eigenvalue weighted by Crippen LogP contribution is -2.41. The third kappa shape index (κ3) is 7.44. The second-order valence-corrected chi connectivity index (χ2v) is 8.91. The van der Waals surface area contributed by atoms with E-state index in [1.807, 2.05) is 19.1 Å². The van der Waals surface area contributed by atoms with Gasteiger partial charge in [0.05, 0.1) is 17.9 Å². The van der Waals surface area contributed by atoms with E-state index in [4.69, 9.17) is 4.74 Å². The topological polar surface area (TPSA) is 114 Å². The van der Waals surface area contributed by atoms with E-state index in [2.05, 4.69) is 25.7 Å². The molecule has 0 unspecified atom stereocenters. The molecule has 34 heavy (non-hydrogen) atoms. The molecule has 9 nitrogen and oxygen atoms in total. The van der Waals surface area contributed by atoms with Gasteiger partial charge in [0.1, 0.15) is 5.03 Å². The number of hydrogen-bond donors (Lipinski definition) is 2. The molecule has 1 aliphatic heterocycles. The molecule has 0 saturated carbocycles. The predicted octanol–water partition coefficient (Wildman–Crippen LogP) is 3.13. The molecule has 2 aromatic rings. The van der Waals surface area contributed by atoms with Crippen molar-refractivity contribution in [1.82, 2.24) is 15.5 Å². The van der Waals surface area contributed by atoms with Gasteiger partial charge in [-0.1, -0.05) is 18.7 Å². The highest BCUT2D eigenvalue weighted by atomic mass is 32.2.